The second-order valence-electron chi connectivity index (χ2n) is 2.42. The van der Waals surface area contributed by atoms with Gasteiger partial charge in [-0.25, -0.2) is 4.39 Å². The second kappa shape index (κ2) is 3.66. The van der Waals surface area contributed by atoms with Crippen LogP contribution in [0.3, 0.4) is 0 Å². The molecule has 64 valence electrons. The Hall–Kier alpha value is -0.905. The van der Waals surface area contributed by atoms with Crippen LogP contribution in [0.25, 0.3) is 0 Å². The number of benzene rings is 1. The summed E-state index contributed by atoms with van der Waals surface area (Å²) in [7, 11) is -1.70. The molecule has 0 aliphatic heterocycles. The fourth-order valence-corrected chi connectivity index (χ4v) is 0.916. The van der Waals surface area contributed by atoms with E-state index < -0.39 is 12.9 Å². The summed E-state index contributed by atoms with van der Waals surface area (Å²) in [6, 6.07) is 3.46. The van der Waals surface area contributed by atoms with E-state index in [0.717, 1.165) is 12.1 Å². The lowest BCUT2D eigenvalue weighted by Crippen LogP contribution is -2.30. The Morgan fingerprint density at radius 2 is 1.92 bits per heavy atom. The third-order valence-electron chi connectivity index (χ3n) is 1.46. The summed E-state index contributed by atoms with van der Waals surface area (Å²) in [6.45, 7) is -0.322. The van der Waals surface area contributed by atoms with Gasteiger partial charge in [0.25, 0.3) is 0 Å². The third kappa shape index (κ3) is 2.04. The lowest BCUT2D eigenvalue weighted by atomic mass is 9.79. The zero-order chi connectivity index (χ0) is 9.14. The fourth-order valence-electron chi connectivity index (χ4n) is 0.916. The van der Waals surface area contributed by atoms with E-state index in [1.807, 2.05) is 0 Å². The Bertz CT molecular complexity index is 277. The van der Waals surface area contributed by atoms with Gasteiger partial charge in [-0.3, -0.25) is 0 Å². The molecule has 0 atom stereocenters. The Morgan fingerprint density at radius 1 is 1.25 bits per heavy atom. The van der Waals surface area contributed by atoms with Crippen LogP contribution >= 0.6 is 0 Å². The van der Waals surface area contributed by atoms with Crippen LogP contribution in [-0.2, 0) is 6.61 Å². The summed E-state index contributed by atoms with van der Waals surface area (Å²) in [5, 5.41) is 26.0. The predicted octanol–water partition coefficient (Wildman–Crippen LogP) is -1.00. The molecule has 0 saturated heterocycles. The molecular formula is C7H8BFO3. The highest BCUT2D eigenvalue weighted by Crippen LogP contribution is 2.01. The lowest BCUT2D eigenvalue weighted by molar-refractivity contribution is 0.281. The first-order valence-electron chi connectivity index (χ1n) is 3.40. The Labute approximate surface area is 69.2 Å². The molecule has 0 unspecified atom stereocenters. The summed E-state index contributed by atoms with van der Waals surface area (Å²) in [4.78, 5) is 0. The molecule has 0 aliphatic carbocycles. The van der Waals surface area contributed by atoms with Gasteiger partial charge in [-0.2, -0.15) is 0 Å². The van der Waals surface area contributed by atoms with Gasteiger partial charge in [0.05, 0.1) is 6.61 Å². The van der Waals surface area contributed by atoms with E-state index in [1.54, 1.807) is 0 Å². The zero-order valence-electron chi connectivity index (χ0n) is 6.24. The van der Waals surface area contributed by atoms with Gasteiger partial charge in [0.15, 0.2) is 0 Å². The van der Waals surface area contributed by atoms with Gasteiger partial charge < -0.3 is 15.2 Å². The van der Waals surface area contributed by atoms with Crippen molar-refractivity contribution in [2.75, 3.05) is 0 Å². The van der Waals surface area contributed by atoms with Crippen LogP contribution in [-0.4, -0.2) is 22.3 Å². The topological polar surface area (TPSA) is 60.7 Å². The van der Waals surface area contributed by atoms with Crippen LogP contribution in [0.2, 0.25) is 0 Å². The monoisotopic (exact) mass is 170 g/mol. The number of hydrogen-bond acceptors (Lipinski definition) is 3. The SMILES string of the molecule is OCc1cc(F)cc(B(O)O)c1. The minimum absolute atomic E-state index is 0.0408. The first kappa shape index (κ1) is 9.19. The smallest absolute Gasteiger partial charge is 0.423 e. The molecule has 3 nitrogen and oxygen atoms in total. The third-order valence-corrected chi connectivity index (χ3v) is 1.46. The average molecular weight is 170 g/mol. The van der Waals surface area contributed by atoms with E-state index in [-0.39, 0.29) is 12.1 Å². The molecule has 0 heterocycles. The number of rotatable bonds is 2. The number of aliphatic hydroxyl groups is 1. The molecule has 0 aliphatic rings. The van der Waals surface area contributed by atoms with Gasteiger partial charge >= 0.3 is 7.12 Å². The van der Waals surface area contributed by atoms with E-state index in [0.29, 0.717) is 5.56 Å². The molecule has 0 spiro atoms. The minimum atomic E-state index is -1.70. The van der Waals surface area contributed by atoms with Crippen LogP contribution in [0.1, 0.15) is 5.56 Å². The molecular weight excluding hydrogens is 162 g/mol. The predicted molar refractivity (Wildman–Crippen MR) is 42.1 cm³/mol. The molecule has 0 bridgehead atoms. The van der Waals surface area contributed by atoms with Gasteiger partial charge in [0.2, 0.25) is 0 Å². The molecule has 0 aromatic heterocycles. The average Bonchev–Trinajstić information content (AvgIpc) is 2.03. The maximum absolute atomic E-state index is 12.6. The molecule has 1 aromatic carbocycles. The Kier molecular flexibility index (Phi) is 2.81. The zero-order valence-corrected chi connectivity index (χ0v) is 6.24. The standard InChI is InChI=1S/C7H8BFO3/c9-7-2-5(4-10)1-6(3-7)8(11)12/h1-3,10-12H,4H2. The highest BCUT2D eigenvalue weighted by atomic mass is 19.1. The van der Waals surface area contributed by atoms with Crippen molar-refractivity contribution in [1.82, 2.24) is 0 Å². The van der Waals surface area contributed by atoms with Crippen molar-refractivity contribution in [3.63, 3.8) is 0 Å². The van der Waals surface area contributed by atoms with E-state index in [1.165, 1.54) is 6.07 Å². The Morgan fingerprint density at radius 3 is 2.42 bits per heavy atom. The van der Waals surface area contributed by atoms with E-state index in [2.05, 4.69) is 0 Å². The van der Waals surface area contributed by atoms with Crippen molar-refractivity contribution in [1.29, 1.82) is 0 Å². The van der Waals surface area contributed by atoms with Crippen molar-refractivity contribution in [2.24, 2.45) is 0 Å². The van der Waals surface area contributed by atoms with Gasteiger partial charge in [0.1, 0.15) is 5.82 Å². The number of hydrogen-bond donors (Lipinski definition) is 3. The molecule has 5 heteroatoms. The highest BCUT2D eigenvalue weighted by molar-refractivity contribution is 6.58. The van der Waals surface area contributed by atoms with Crippen LogP contribution in [0, 0.1) is 5.82 Å². The van der Waals surface area contributed by atoms with E-state index >= 15 is 0 Å². The Balaban J connectivity index is 3.06. The molecule has 0 saturated carbocycles. The maximum Gasteiger partial charge on any atom is 0.488 e. The minimum Gasteiger partial charge on any atom is -0.423 e. The van der Waals surface area contributed by atoms with E-state index in [9.17, 15) is 4.39 Å². The van der Waals surface area contributed by atoms with Gasteiger partial charge in [-0.15, -0.1) is 0 Å². The van der Waals surface area contributed by atoms with Crippen LogP contribution in [0.5, 0.6) is 0 Å². The second-order valence-corrected chi connectivity index (χ2v) is 2.42. The van der Waals surface area contributed by atoms with Gasteiger partial charge in [-0.05, 0) is 23.2 Å². The first-order chi connectivity index (χ1) is 5.63. The van der Waals surface area contributed by atoms with Crippen molar-refractivity contribution in [3.05, 3.63) is 29.6 Å². The summed E-state index contributed by atoms with van der Waals surface area (Å²) in [6.07, 6.45) is 0. The number of aliphatic hydroxyl groups excluding tert-OH is 1. The highest BCUT2D eigenvalue weighted by Gasteiger charge is 2.12. The van der Waals surface area contributed by atoms with Crippen molar-refractivity contribution < 1.29 is 19.5 Å². The summed E-state index contributed by atoms with van der Waals surface area (Å²) in [5.74, 6) is -0.593. The first-order valence-corrected chi connectivity index (χ1v) is 3.40. The molecule has 3 N–H and O–H groups in total. The van der Waals surface area contributed by atoms with Crippen LogP contribution in [0.15, 0.2) is 18.2 Å². The molecule has 12 heavy (non-hydrogen) atoms. The quantitative estimate of drug-likeness (QED) is 0.498. The van der Waals surface area contributed by atoms with Gasteiger partial charge in [-0.1, -0.05) is 6.07 Å². The summed E-state index contributed by atoms with van der Waals surface area (Å²) >= 11 is 0. The normalized spacial score (nSPS) is 10.0. The van der Waals surface area contributed by atoms with Crippen LogP contribution in [0.4, 0.5) is 4.39 Å². The van der Waals surface area contributed by atoms with Gasteiger partial charge in [0, 0.05) is 0 Å². The molecule has 0 radical (unpaired) electrons. The molecule has 0 fully saturated rings. The molecule has 0 amide bonds. The largest absolute Gasteiger partial charge is 0.488 e. The van der Waals surface area contributed by atoms with Crippen LogP contribution < -0.4 is 5.46 Å². The van der Waals surface area contributed by atoms with Crippen molar-refractivity contribution in [2.45, 2.75) is 6.61 Å². The summed E-state index contributed by atoms with van der Waals surface area (Å²) < 4.78 is 12.6. The maximum atomic E-state index is 12.6. The van der Waals surface area contributed by atoms with Crippen molar-refractivity contribution in [3.8, 4) is 0 Å². The molecule has 1 rings (SSSR count). The lowest BCUT2D eigenvalue weighted by Gasteiger charge is -2.02. The number of halogens is 1. The fraction of sp³-hybridized carbons (Fsp3) is 0.143. The van der Waals surface area contributed by atoms with Crippen molar-refractivity contribution >= 4 is 12.6 Å². The van der Waals surface area contributed by atoms with E-state index in [4.69, 9.17) is 15.2 Å². The summed E-state index contributed by atoms with van der Waals surface area (Å²) in [5.41, 5.74) is 0.358. The molecule has 1 aromatic rings.